The maximum Gasteiger partial charge on any atom is 0.159 e. The van der Waals surface area contributed by atoms with E-state index in [1.807, 2.05) is 30.6 Å². The maximum atomic E-state index is 9.52. The summed E-state index contributed by atoms with van der Waals surface area (Å²) in [6, 6.07) is 7.90. The van der Waals surface area contributed by atoms with Crippen molar-refractivity contribution in [2.45, 2.75) is 58.3 Å². The van der Waals surface area contributed by atoms with Gasteiger partial charge in [-0.3, -0.25) is 0 Å². The van der Waals surface area contributed by atoms with Crippen LogP contribution < -0.4 is 4.74 Å². The van der Waals surface area contributed by atoms with E-state index in [4.69, 9.17) is 4.74 Å². The molecule has 4 heteroatoms. The van der Waals surface area contributed by atoms with Crippen LogP contribution >= 0.6 is 0 Å². The molecular formula is C23H28N3O. The number of benzene rings is 1. The van der Waals surface area contributed by atoms with Gasteiger partial charge in [0.15, 0.2) is 5.82 Å². The van der Waals surface area contributed by atoms with E-state index in [1.54, 1.807) is 0 Å². The Morgan fingerprint density at radius 3 is 2.63 bits per heavy atom. The Kier molecular flexibility index (Phi) is 7.21. The normalized spacial score (nSPS) is 14.7. The summed E-state index contributed by atoms with van der Waals surface area (Å²) in [4.78, 5) is 8.97. The Morgan fingerprint density at radius 2 is 1.93 bits per heavy atom. The molecule has 0 N–H and O–H groups in total. The molecule has 0 aliphatic heterocycles. The molecule has 0 atom stereocenters. The summed E-state index contributed by atoms with van der Waals surface area (Å²) in [7, 11) is 0. The number of hydrogen-bond donors (Lipinski definition) is 0. The minimum absolute atomic E-state index is 0.547. The highest BCUT2D eigenvalue weighted by molar-refractivity contribution is 5.61. The largest absolute Gasteiger partial charge is 0.492 e. The summed E-state index contributed by atoms with van der Waals surface area (Å²) >= 11 is 0. The highest BCUT2D eigenvalue weighted by Gasteiger charge is 2.15. The first-order valence-corrected chi connectivity index (χ1v) is 10.1. The van der Waals surface area contributed by atoms with Crippen LogP contribution in [0.1, 0.15) is 63.0 Å². The number of unbranched alkanes of at least 4 members (excludes halogenated alkanes) is 2. The molecule has 0 unspecified atom stereocenters. The van der Waals surface area contributed by atoms with Crippen molar-refractivity contribution >= 4 is 0 Å². The Hall–Kier alpha value is -2.41. The van der Waals surface area contributed by atoms with Gasteiger partial charge in [0.2, 0.25) is 0 Å². The minimum Gasteiger partial charge on any atom is -0.492 e. The highest BCUT2D eigenvalue weighted by atomic mass is 16.5. The molecule has 1 saturated carbocycles. The van der Waals surface area contributed by atoms with E-state index in [9.17, 15) is 5.26 Å². The molecule has 3 rings (SSSR count). The fourth-order valence-electron chi connectivity index (χ4n) is 3.46. The summed E-state index contributed by atoms with van der Waals surface area (Å²) in [5.41, 5.74) is 2.56. The van der Waals surface area contributed by atoms with Gasteiger partial charge in [-0.25, -0.2) is 9.97 Å². The molecule has 1 aliphatic rings. The molecule has 2 aromatic rings. The van der Waals surface area contributed by atoms with Crippen molar-refractivity contribution in [3.8, 4) is 23.2 Å². The molecule has 141 valence electrons. The number of hydrogen-bond acceptors (Lipinski definition) is 4. The lowest BCUT2D eigenvalue weighted by atomic mass is 9.90. The quantitative estimate of drug-likeness (QED) is 0.580. The number of nitrogens with zero attached hydrogens (tertiary/aromatic N) is 3. The number of aryl methyl sites for hydroxylation is 1. The summed E-state index contributed by atoms with van der Waals surface area (Å²) in [5, 5.41) is 9.52. The van der Waals surface area contributed by atoms with Crippen LogP contribution in [-0.4, -0.2) is 16.6 Å². The zero-order valence-corrected chi connectivity index (χ0v) is 16.2. The van der Waals surface area contributed by atoms with Crippen molar-refractivity contribution in [2.75, 3.05) is 6.61 Å². The smallest absolute Gasteiger partial charge is 0.159 e. The predicted octanol–water partition coefficient (Wildman–Crippen LogP) is 5.52. The Balaban J connectivity index is 1.65. The van der Waals surface area contributed by atoms with E-state index >= 15 is 0 Å². The van der Waals surface area contributed by atoms with Gasteiger partial charge in [0.25, 0.3) is 0 Å². The lowest BCUT2D eigenvalue weighted by Gasteiger charge is -2.21. The summed E-state index contributed by atoms with van der Waals surface area (Å²) in [6.07, 6.45) is 15.5. The second-order valence-electron chi connectivity index (χ2n) is 7.32. The molecule has 27 heavy (non-hydrogen) atoms. The summed E-state index contributed by atoms with van der Waals surface area (Å²) in [5.74, 6) is 1.90. The average Bonchev–Trinajstić information content (AvgIpc) is 2.73. The fraction of sp³-hybridized carbons (Fsp3) is 0.478. The molecule has 1 heterocycles. The molecule has 1 aromatic carbocycles. The molecule has 1 aromatic heterocycles. The number of rotatable bonds is 8. The van der Waals surface area contributed by atoms with Crippen LogP contribution in [-0.2, 0) is 6.42 Å². The zero-order valence-electron chi connectivity index (χ0n) is 16.2. The van der Waals surface area contributed by atoms with Crippen LogP contribution in [0.4, 0.5) is 0 Å². The monoisotopic (exact) mass is 362 g/mol. The predicted molar refractivity (Wildman–Crippen MR) is 107 cm³/mol. The molecule has 1 radical (unpaired) electrons. The molecule has 0 bridgehead atoms. The first-order chi connectivity index (χ1) is 13.3. The Morgan fingerprint density at radius 1 is 1.15 bits per heavy atom. The average molecular weight is 362 g/mol. The molecule has 0 saturated heterocycles. The second kappa shape index (κ2) is 10.1. The van der Waals surface area contributed by atoms with Gasteiger partial charge in [0.1, 0.15) is 11.8 Å². The minimum atomic E-state index is 0.547. The standard InChI is InChI=1S/C23H28N3O/c1-2-3-5-10-19-15-25-23(26-16-19)20-11-12-22(21(13-20)14-24)27-17-18-8-6-4-7-9-18/h4,11-13,15-16,18H,2-3,5-10,17H2,1H3. The summed E-state index contributed by atoms with van der Waals surface area (Å²) in [6.45, 7) is 2.89. The van der Waals surface area contributed by atoms with Gasteiger partial charge in [0.05, 0.1) is 12.2 Å². The summed E-state index contributed by atoms with van der Waals surface area (Å²) < 4.78 is 5.96. The number of ether oxygens (including phenoxy) is 1. The molecular weight excluding hydrogens is 334 g/mol. The third kappa shape index (κ3) is 5.53. The number of nitriles is 1. The van der Waals surface area contributed by atoms with Crippen molar-refractivity contribution in [1.82, 2.24) is 9.97 Å². The van der Waals surface area contributed by atoms with Crippen LogP contribution in [0, 0.1) is 23.7 Å². The van der Waals surface area contributed by atoms with Crippen LogP contribution in [0.2, 0.25) is 0 Å². The van der Waals surface area contributed by atoms with Gasteiger partial charge < -0.3 is 4.74 Å². The van der Waals surface area contributed by atoms with Gasteiger partial charge in [-0.2, -0.15) is 5.26 Å². The van der Waals surface area contributed by atoms with Gasteiger partial charge in [-0.05, 0) is 74.6 Å². The van der Waals surface area contributed by atoms with Crippen molar-refractivity contribution in [1.29, 1.82) is 5.26 Å². The fourth-order valence-corrected chi connectivity index (χ4v) is 3.46. The van der Waals surface area contributed by atoms with Crippen LogP contribution in [0.25, 0.3) is 11.4 Å². The van der Waals surface area contributed by atoms with Crippen molar-refractivity contribution < 1.29 is 4.74 Å². The van der Waals surface area contributed by atoms with Crippen molar-refractivity contribution in [2.24, 2.45) is 5.92 Å². The first-order valence-electron chi connectivity index (χ1n) is 10.1. The molecule has 1 fully saturated rings. The van der Waals surface area contributed by atoms with Crippen LogP contribution in [0.15, 0.2) is 30.6 Å². The van der Waals surface area contributed by atoms with E-state index in [-0.39, 0.29) is 0 Å². The van der Waals surface area contributed by atoms with E-state index in [2.05, 4.69) is 29.4 Å². The maximum absolute atomic E-state index is 9.52. The topological polar surface area (TPSA) is 58.8 Å². The molecule has 4 nitrogen and oxygen atoms in total. The van der Waals surface area contributed by atoms with Gasteiger partial charge >= 0.3 is 0 Å². The zero-order chi connectivity index (χ0) is 18.9. The molecule has 1 aliphatic carbocycles. The highest BCUT2D eigenvalue weighted by Crippen LogP contribution is 2.27. The SMILES string of the molecule is CCCCCc1cnc(-c2ccc(OCC3CC[CH]CC3)c(C#N)c2)nc1. The third-order valence-corrected chi connectivity index (χ3v) is 5.17. The van der Waals surface area contributed by atoms with Crippen LogP contribution in [0.3, 0.4) is 0 Å². The first kappa shape index (κ1) is 19.4. The van der Waals surface area contributed by atoms with Gasteiger partial charge in [-0.1, -0.05) is 19.8 Å². The van der Waals surface area contributed by atoms with Crippen LogP contribution in [0.5, 0.6) is 5.75 Å². The molecule has 0 spiro atoms. The van der Waals surface area contributed by atoms with Gasteiger partial charge in [-0.15, -0.1) is 0 Å². The van der Waals surface area contributed by atoms with Crippen molar-refractivity contribution in [3.63, 3.8) is 0 Å². The molecule has 0 amide bonds. The Bertz CT molecular complexity index is 758. The number of aromatic nitrogens is 2. The van der Waals surface area contributed by atoms with E-state index < -0.39 is 0 Å². The van der Waals surface area contributed by atoms with Gasteiger partial charge in [0, 0.05) is 18.0 Å². The third-order valence-electron chi connectivity index (χ3n) is 5.17. The van der Waals surface area contributed by atoms with Crippen molar-refractivity contribution in [3.05, 3.63) is 48.1 Å². The van der Waals surface area contributed by atoms with E-state index in [1.165, 1.54) is 44.9 Å². The Labute approximate surface area is 162 Å². The lowest BCUT2D eigenvalue weighted by molar-refractivity contribution is 0.220. The van der Waals surface area contributed by atoms with E-state index in [0.29, 0.717) is 29.7 Å². The lowest BCUT2D eigenvalue weighted by Crippen LogP contribution is -2.15. The van der Waals surface area contributed by atoms with E-state index in [0.717, 1.165) is 17.5 Å². The second-order valence-corrected chi connectivity index (χ2v) is 7.32.